The second-order valence-corrected chi connectivity index (χ2v) is 8.44. The number of halogens is 6. The van der Waals surface area contributed by atoms with Gasteiger partial charge in [0.1, 0.15) is 16.6 Å². The van der Waals surface area contributed by atoms with Gasteiger partial charge in [-0.1, -0.05) is 53.0 Å². The summed E-state index contributed by atoms with van der Waals surface area (Å²) in [4.78, 5) is 12.8. The van der Waals surface area contributed by atoms with E-state index in [9.17, 15) is 18.0 Å². The third-order valence-corrected chi connectivity index (χ3v) is 6.41. The fourth-order valence-corrected chi connectivity index (χ4v) is 4.18. The zero-order valence-electron chi connectivity index (χ0n) is 16.9. The van der Waals surface area contributed by atoms with Gasteiger partial charge in [0.15, 0.2) is 11.7 Å². The van der Waals surface area contributed by atoms with E-state index in [1.807, 2.05) is 0 Å². The molecule has 0 spiro atoms. The highest BCUT2D eigenvalue weighted by Gasteiger charge is 2.47. The highest BCUT2D eigenvalue weighted by atomic mass is 35.5. The number of fused-ring (bicyclic) bond motifs is 1. The van der Waals surface area contributed by atoms with Gasteiger partial charge in [-0.05, 0) is 29.8 Å². The Hall–Kier alpha value is -2.62. The third-order valence-electron chi connectivity index (χ3n) is 5.23. The fourth-order valence-electron chi connectivity index (χ4n) is 3.57. The quantitative estimate of drug-likeness (QED) is 0.399. The maximum atomic E-state index is 13.9. The number of benzene rings is 2. The average Bonchev–Trinajstić information content (AvgIpc) is 3.12. The van der Waals surface area contributed by atoms with Gasteiger partial charge in [-0.25, -0.2) is 4.68 Å². The molecule has 0 aliphatic carbocycles. The minimum absolute atomic E-state index is 0.0819. The highest BCUT2D eigenvalue weighted by Crippen LogP contribution is 2.46. The van der Waals surface area contributed by atoms with Crippen molar-refractivity contribution in [3.63, 3.8) is 0 Å². The standard InChI is InChI=1S/C21H16Cl3F3N4O2/c1-33-11-7-5-10(6-8-11)14-9-15(21(25,26)27)31-19(28-14)17(24)18(30-31)20(32)29-13-4-2-3-12(22)16(13)23/h2-8,14-15,28H,9H2,1H3,(H,29,32)/t14-,15+/m0/s1. The number of ether oxygens (including phenoxy) is 1. The summed E-state index contributed by atoms with van der Waals surface area (Å²) < 4.78 is 47.6. The van der Waals surface area contributed by atoms with Gasteiger partial charge in [0.2, 0.25) is 0 Å². The van der Waals surface area contributed by atoms with Crippen LogP contribution in [0.25, 0.3) is 0 Å². The molecule has 1 aliphatic heterocycles. The molecule has 174 valence electrons. The summed E-state index contributed by atoms with van der Waals surface area (Å²) in [7, 11) is 1.50. The Kier molecular flexibility index (Phi) is 6.39. The van der Waals surface area contributed by atoms with E-state index in [-0.39, 0.29) is 38.7 Å². The van der Waals surface area contributed by atoms with Crippen LogP contribution < -0.4 is 15.4 Å². The first-order chi connectivity index (χ1) is 15.6. The summed E-state index contributed by atoms with van der Waals surface area (Å²) in [5, 5.41) is 9.41. The average molecular weight is 520 g/mol. The predicted octanol–water partition coefficient (Wildman–Crippen LogP) is 6.76. The molecule has 3 aromatic rings. The van der Waals surface area contributed by atoms with Crippen LogP contribution >= 0.6 is 34.8 Å². The first-order valence-electron chi connectivity index (χ1n) is 9.60. The Bertz CT molecular complexity index is 1200. The predicted molar refractivity (Wildman–Crippen MR) is 121 cm³/mol. The number of carbonyl (C=O) groups is 1. The number of hydrogen-bond acceptors (Lipinski definition) is 4. The molecule has 2 heterocycles. The smallest absolute Gasteiger partial charge is 0.410 e. The van der Waals surface area contributed by atoms with Gasteiger partial charge in [-0.3, -0.25) is 4.79 Å². The molecule has 33 heavy (non-hydrogen) atoms. The number of aromatic nitrogens is 2. The molecule has 1 aromatic heterocycles. The van der Waals surface area contributed by atoms with Gasteiger partial charge in [0, 0.05) is 6.42 Å². The summed E-state index contributed by atoms with van der Waals surface area (Å²) in [5.41, 5.74) is 0.401. The summed E-state index contributed by atoms with van der Waals surface area (Å²) in [6.07, 6.45) is -4.97. The molecule has 4 rings (SSSR count). The Balaban J connectivity index is 1.70. The van der Waals surface area contributed by atoms with Crippen LogP contribution in [0.1, 0.15) is 34.6 Å². The van der Waals surface area contributed by atoms with E-state index in [0.29, 0.717) is 16.0 Å². The molecule has 2 aromatic carbocycles. The lowest BCUT2D eigenvalue weighted by molar-refractivity contribution is -0.173. The monoisotopic (exact) mass is 518 g/mol. The van der Waals surface area contributed by atoms with Crippen molar-refractivity contribution in [2.45, 2.75) is 24.7 Å². The first kappa shape index (κ1) is 23.5. The number of hydrogen-bond donors (Lipinski definition) is 2. The van der Waals surface area contributed by atoms with Crippen molar-refractivity contribution in [2.24, 2.45) is 0 Å². The molecule has 6 nitrogen and oxygen atoms in total. The normalized spacial score (nSPS) is 17.8. The number of nitrogens with zero attached hydrogens (tertiary/aromatic N) is 2. The van der Waals surface area contributed by atoms with Gasteiger partial charge >= 0.3 is 6.18 Å². The molecule has 1 aliphatic rings. The molecule has 0 unspecified atom stereocenters. The second-order valence-electron chi connectivity index (χ2n) is 7.27. The van der Waals surface area contributed by atoms with Gasteiger partial charge in [0.25, 0.3) is 5.91 Å². The van der Waals surface area contributed by atoms with Crippen LogP contribution in [0.15, 0.2) is 42.5 Å². The van der Waals surface area contributed by atoms with Gasteiger partial charge in [-0.2, -0.15) is 18.3 Å². The molecule has 0 radical (unpaired) electrons. The van der Waals surface area contributed by atoms with Crippen molar-refractivity contribution in [3.8, 4) is 5.75 Å². The SMILES string of the molecule is COc1ccc([C@@H]2C[C@H](C(F)(F)F)n3nc(C(=O)Nc4cccc(Cl)c4Cl)c(Cl)c3N2)cc1. The molecular weight excluding hydrogens is 504 g/mol. The molecule has 0 saturated heterocycles. The summed E-state index contributed by atoms with van der Waals surface area (Å²) in [6, 6.07) is 8.51. The van der Waals surface area contributed by atoms with Crippen LogP contribution in [0.4, 0.5) is 24.7 Å². The maximum absolute atomic E-state index is 13.9. The van der Waals surface area contributed by atoms with Crippen molar-refractivity contribution in [1.82, 2.24) is 9.78 Å². The highest BCUT2D eigenvalue weighted by molar-refractivity contribution is 6.44. The van der Waals surface area contributed by atoms with Crippen LogP contribution in [0, 0.1) is 0 Å². The van der Waals surface area contributed by atoms with E-state index >= 15 is 0 Å². The van der Waals surface area contributed by atoms with Crippen LogP contribution in [-0.4, -0.2) is 29.0 Å². The van der Waals surface area contributed by atoms with Gasteiger partial charge in [-0.15, -0.1) is 0 Å². The summed E-state index contributed by atoms with van der Waals surface area (Å²) in [5.74, 6) is -0.355. The molecule has 2 atom stereocenters. The van der Waals surface area contributed by atoms with Gasteiger partial charge in [0.05, 0.1) is 28.9 Å². The second kappa shape index (κ2) is 8.96. The molecule has 0 fully saturated rings. The van der Waals surface area contributed by atoms with Gasteiger partial charge < -0.3 is 15.4 Å². The number of rotatable bonds is 4. The number of carbonyl (C=O) groups excluding carboxylic acids is 1. The van der Waals surface area contributed by atoms with E-state index in [0.717, 1.165) is 0 Å². The van der Waals surface area contributed by atoms with Crippen LogP contribution in [-0.2, 0) is 0 Å². The summed E-state index contributed by atoms with van der Waals surface area (Å²) in [6.45, 7) is 0. The summed E-state index contributed by atoms with van der Waals surface area (Å²) >= 11 is 18.4. The van der Waals surface area contributed by atoms with Crippen molar-refractivity contribution in [1.29, 1.82) is 0 Å². The Morgan fingerprint density at radius 1 is 1.15 bits per heavy atom. The van der Waals surface area contributed by atoms with E-state index in [1.54, 1.807) is 30.3 Å². The van der Waals surface area contributed by atoms with E-state index in [1.165, 1.54) is 19.2 Å². The Labute approximate surface area is 201 Å². The largest absolute Gasteiger partial charge is 0.497 e. The van der Waals surface area contributed by atoms with Crippen LogP contribution in [0.5, 0.6) is 5.75 Å². The lowest BCUT2D eigenvalue weighted by Gasteiger charge is -2.33. The van der Waals surface area contributed by atoms with Crippen molar-refractivity contribution in [3.05, 3.63) is 68.8 Å². The first-order valence-corrected chi connectivity index (χ1v) is 10.7. The maximum Gasteiger partial charge on any atom is 0.410 e. The topological polar surface area (TPSA) is 68.2 Å². The number of amides is 1. The van der Waals surface area contributed by atoms with Crippen LogP contribution in [0.2, 0.25) is 15.1 Å². The minimum Gasteiger partial charge on any atom is -0.497 e. The Morgan fingerprint density at radius 3 is 2.48 bits per heavy atom. The van der Waals surface area contributed by atoms with E-state index in [4.69, 9.17) is 39.5 Å². The van der Waals surface area contributed by atoms with Crippen molar-refractivity contribution < 1.29 is 22.7 Å². The number of anilines is 2. The van der Waals surface area contributed by atoms with E-state index < -0.39 is 24.2 Å². The van der Waals surface area contributed by atoms with E-state index in [2.05, 4.69) is 15.7 Å². The molecular formula is C21H16Cl3F3N4O2. The molecule has 12 heteroatoms. The molecule has 0 saturated carbocycles. The number of methoxy groups -OCH3 is 1. The zero-order chi connectivity index (χ0) is 23.9. The Morgan fingerprint density at radius 2 is 1.85 bits per heavy atom. The lowest BCUT2D eigenvalue weighted by atomic mass is 9.97. The number of nitrogens with one attached hydrogen (secondary N) is 2. The van der Waals surface area contributed by atoms with Crippen molar-refractivity contribution in [2.75, 3.05) is 17.7 Å². The molecule has 1 amide bonds. The molecule has 2 N–H and O–H groups in total. The molecule has 0 bridgehead atoms. The zero-order valence-corrected chi connectivity index (χ0v) is 19.1. The van der Waals surface area contributed by atoms with Crippen molar-refractivity contribution >= 4 is 52.2 Å². The van der Waals surface area contributed by atoms with Crippen LogP contribution in [0.3, 0.4) is 0 Å². The third kappa shape index (κ3) is 4.58. The number of alkyl halides is 3. The lowest BCUT2D eigenvalue weighted by Crippen LogP contribution is -2.35. The minimum atomic E-state index is -4.62. The fraction of sp³-hybridized carbons (Fsp3) is 0.238.